The molecule has 1 fully saturated rings. The summed E-state index contributed by atoms with van der Waals surface area (Å²) in [6, 6.07) is 0. The van der Waals surface area contributed by atoms with Gasteiger partial charge in [0.2, 0.25) is 0 Å². The van der Waals surface area contributed by atoms with E-state index in [0.717, 1.165) is 25.2 Å². The van der Waals surface area contributed by atoms with Gasteiger partial charge in [-0.2, -0.15) is 0 Å². The lowest BCUT2D eigenvalue weighted by Gasteiger charge is -2.12. The number of hydrogen-bond donors (Lipinski definition) is 0. The lowest BCUT2D eigenvalue weighted by molar-refractivity contribution is 0.209. The monoisotopic (exact) mass is 215 g/mol. The summed E-state index contributed by atoms with van der Waals surface area (Å²) in [5.74, 6) is 0.876. The predicted molar refractivity (Wildman–Crippen MR) is 58.6 cm³/mol. The van der Waals surface area contributed by atoms with E-state index in [1.54, 1.807) is 0 Å². The van der Waals surface area contributed by atoms with Gasteiger partial charge in [0.05, 0.1) is 17.6 Å². The molecule has 2 aliphatic rings. The van der Waals surface area contributed by atoms with Gasteiger partial charge >= 0.3 is 0 Å². The molecule has 14 heavy (non-hydrogen) atoms. The predicted octanol–water partition coefficient (Wildman–Crippen LogP) is 2.41. The van der Waals surface area contributed by atoms with E-state index in [1.165, 1.54) is 12.0 Å². The molecule has 1 saturated carbocycles. The van der Waals surface area contributed by atoms with E-state index in [4.69, 9.17) is 8.92 Å². The lowest BCUT2D eigenvalue weighted by atomic mass is 10.1. The number of nitrogens with zero attached hydrogens (tertiary/aromatic N) is 1. The Morgan fingerprint density at radius 3 is 2.64 bits per heavy atom. The summed E-state index contributed by atoms with van der Waals surface area (Å²) in [6.45, 7) is 4.89. The van der Waals surface area contributed by atoms with E-state index < -0.39 is 0 Å². The molecule has 0 aromatic carbocycles. The van der Waals surface area contributed by atoms with Crippen molar-refractivity contribution in [3.63, 3.8) is 0 Å². The van der Waals surface area contributed by atoms with Crippen molar-refractivity contribution in [3.8, 4) is 0 Å². The van der Waals surface area contributed by atoms with Gasteiger partial charge in [-0.25, -0.2) is 4.99 Å². The number of rotatable bonds is 4. The highest BCUT2D eigenvalue weighted by Crippen LogP contribution is 2.46. The Morgan fingerprint density at radius 2 is 2.21 bits per heavy atom. The Bertz CT molecular complexity index is 259. The van der Waals surface area contributed by atoms with Gasteiger partial charge in [-0.15, -0.1) is 0 Å². The number of ether oxygens (including phenoxy) is 1. The summed E-state index contributed by atoms with van der Waals surface area (Å²) in [7, 11) is 0. The number of aliphatic imine (C=N–C) groups is 1. The zero-order valence-electron chi connectivity index (χ0n) is 9.00. The topological polar surface area (TPSA) is 30.8 Å². The SMILES string of the molecule is CSOC1(CC2=NC(C)(C)CO2)CC1. The lowest BCUT2D eigenvalue weighted by Crippen LogP contribution is -2.17. The molecular weight excluding hydrogens is 198 g/mol. The molecule has 4 heteroatoms. The van der Waals surface area contributed by atoms with E-state index in [-0.39, 0.29) is 11.1 Å². The first-order chi connectivity index (χ1) is 6.55. The van der Waals surface area contributed by atoms with E-state index >= 15 is 0 Å². The Morgan fingerprint density at radius 1 is 1.50 bits per heavy atom. The van der Waals surface area contributed by atoms with Crippen LogP contribution in [0.25, 0.3) is 0 Å². The molecule has 0 radical (unpaired) electrons. The van der Waals surface area contributed by atoms with Crippen LogP contribution in [-0.4, -0.2) is 29.9 Å². The molecule has 0 saturated heterocycles. The average Bonchev–Trinajstić information content (AvgIpc) is 2.73. The summed E-state index contributed by atoms with van der Waals surface area (Å²) >= 11 is 1.44. The molecule has 0 aromatic heterocycles. The maximum Gasteiger partial charge on any atom is 0.186 e. The van der Waals surface area contributed by atoms with Crippen molar-refractivity contribution in [2.24, 2.45) is 4.99 Å². The van der Waals surface area contributed by atoms with Gasteiger partial charge in [0.1, 0.15) is 6.61 Å². The first kappa shape index (κ1) is 10.3. The first-order valence-electron chi connectivity index (χ1n) is 4.99. The van der Waals surface area contributed by atoms with Crippen molar-refractivity contribution >= 4 is 17.9 Å². The maximum absolute atomic E-state index is 5.63. The van der Waals surface area contributed by atoms with Crippen molar-refractivity contribution in [1.29, 1.82) is 0 Å². The van der Waals surface area contributed by atoms with Gasteiger partial charge in [-0.3, -0.25) is 0 Å². The molecule has 80 valence electrons. The summed E-state index contributed by atoms with van der Waals surface area (Å²) < 4.78 is 11.2. The van der Waals surface area contributed by atoms with Crippen LogP contribution in [0.4, 0.5) is 0 Å². The smallest absolute Gasteiger partial charge is 0.186 e. The fourth-order valence-electron chi connectivity index (χ4n) is 1.63. The minimum atomic E-state index is -0.0369. The first-order valence-corrected chi connectivity index (χ1v) is 6.14. The summed E-state index contributed by atoms with van der Waals surface area (Å²) in [5, 5.41) is 0. The summed E-state index contributed by atoms with van der Waals surface area (Å²) in [5.41, 5.74) is 0.00341. The molecule has 0 amide bonds. The van der Waals surface area contributed by atoms with Gasteiger partial charge in [0.15, 0.2) is 5.90 Å². The highest BCUT2D eigenvalue weighted by atomic mass is 32.2. The van der Waals surface area contributed by atoms with Gasteiger partial charge in [0.25, 0.3) is 0 Å². The van der Waals surface area contributed by atoms with Crippen LogP contribution in [0, 0.1) is 0 Å². The van der Waals surface area contributed by atoms with E-state index in [1.807, 2.05) is 6.26 Å². The molecule has 0 unspecified atom stereocenters. The highest BCUT2D eigenvalue weighted by Gasteiger charge is 2.47. The van der Waals surface area contributed by atoms with Gasteiger partial charge in [-0.05, 0) is 38.7 Å². The van der Waals surface area contributed by atoms with Crippen molar-refractivity contribution in [3.05, 3.63) is 0 Å². The molecular formula is C10H17NO2S. The van der Waals surface area contributed by atoms with Crippen molar-refractivity contribution < 1.29 is 8.92 Å². The van der Waals surface area contributed by atoms with E-state index in [0.29, 0.717) is 6.61 Å². The average molecular weight is 215 g/mol. The second-order valence-electron chi connectivity index (χ2n) is 4.72. The molecule has 0 atom stereocenters. The fraction of sp³-hybridized carbons (Fsp3) is 0.900. The molecule has 0 aromatic rings. The second kappa shape index (κ2) is 3.42. The third kappa shape index (κ3) is 2.23. The Hall–Kier alpha value is -0.220. The fourth-order valence-corrected chi connectivity index (χ4v) is 2.21. The van der Waals surface area contributed by atoms with Crippen LogP contribution in [0.3, 0.4) is 0 Å². The Balaban J connectivity index is 1.93. The molecule has 2 rings (SSSR count). The third-order valence-electron chi connectivity index (χ3n) is 2.56. The Kier molecular flexibility index (Phi) is 2.52. The maximum atomic E-state index is 5.63. The van der Waals surface area contributed by atoms with Crippen LogP contribution < -0.4 is 0 Å². The zero-order valence-corrected chi connectivity index (χ0v) is 9.82. The second-order valence-corrected chi connectivity index (χ2v) is 5.22. The van der Waals surface area contributed by atoms with Gasteiger partial charge < -0.3 is 8.92 Å². The highest BCUT2D eigenvalue weighted by molar-refractivity contribution is 7.94. The van der Waals surface area contributed by atoms with Crippen LogP contribution in [0.1, 0.15) is 33.1 Å². The molecule has 3 nitrogen and oxygen atoms in total. The molecule has 0 N–H and O–H groups in total. The molecule has 1 aliphatic heterocycles. The molecule has 1 aliphatic carbocycles. The van der Waals surface area contributed by atoms with Crippen molar-refractivity contribution in [1.82, 2.24) is 0 Å². The summed E-state index contributed by atoms with van der Waals surface area (Å²) in [4.78, 5) is 4.53. The molecule has 0 spiro atoms. The van der Waals surface area contributed by atoms with Crippen molar-refractivity contribution in [2.75, 3.05) is 12.9 Å². The standard InChI is InChI=1S/C10H17NO2S/c1-9(2)7-12-8(11-9)6-10(4-5-10)13-14-3/h4-7H2,1-3H3. The minimum Gasteiger partial charge on any atom is -0.478 e. The van der Waals surface area contributed by atoms with Crippen LogP contribution in [-0.2, 0) is 8.92 Å². The van der Waals surface area contributed by atoms with Crippen molar-refractivity contribution in [2.45, 2.75) is 44.2 Å². The Labute approximate surface area is 89.5 Å². The summed E-state index contributed by atoms with van der Waals surface area (Å²) in [6.07, 6.45) is 5.08. The minimum absolute atomic E-state index is 0.0369. The number of hydrogen-bond acceptors (Lipinski definition) is 4. The van der Waals surface area contributed by atoms with Gasteiger partial charge in [-0.1, -0.05) is 0 Å². The van der Waals surface area contributed by atoms with E-state index in [2.05, 4.69) is 18.8 Å². The van der Waals surface area contributed by atoms with Crippen LogP contribution >= 0.6 is 12.0 Å². The zero-order chi connectivity index (χ0) is 10.2. The van der Waals surface area contributed by atoms with E-state index in [9.17, 15) is 0 Å². The third-order valence-corrected chi connectivity index (χ3v) is 3.08. The normalized spacial score (nSPS) is 26.9. The molecule has 1 heterocycles. The quantitative estimate of drug-likeness (QED) is 0.675. The van der Waals surface area contributed by atoms with Gasteiger partial charge in [0, 0.05) is 6.26 Å². The molecule has 0 bridgehead atoms. The van der Waals surface area contributed by atoms with Crippen LogP contribution in [0.2, 0.25) is 0 Å². The van der Waals surface area contributed by atoms with Crippen LogP contribution in [0.5, 0.6) is 0 Å². The van der Waals surface area contributed by atoms with Crippen LogP contribution in [0.15, 0.2) is 4.99 Å². The largest absolute Gasteiger partial charge is 0.478 e.